The molecule has 32 heavy (non-hydrogen) atoms. The van der Waals surface area contributed by atoms with Gasteiger partial charge in [0.1, 0.15) is 0 Å². The molecule has 0 bridgehead atoms. The molecule has 1 atom stereocenters. The Hall–Kier alpha value is -3.71. The summed E-state index contributed by atoms with van der Waals surface area (Å²) < 4.78 is 0. The summed E-state index contributed by atoms with van der Waals surface area (Å²) in [6.45, 7) is 5.84. The van der Waals surface area contributed by atoms with Crippen molar-refractivity contribution in [3.05, 3.63) is 97.9 Å². The van der Waals surface area contributed by atoms with Gasteiger partial charge in [0.25, 0.3) is 5.91 Å². The van der Waals surface area contributed by atoms with Crippen molar-refractivity contribution >= 4 is 34.7 Å². The van der Waals surface area contributed by atoms with Gasteiger partial charge < -0.3 is 10.2 Å². The lowest BCUT2D eigenvalue weighted by molar-refractivity contribution is -0.117. The molecule has 2 heterocycles. The van der Waals surface area contributed by atoms with Crippen molar-refractivity contribution in [1.82, 2.24) is 0 Å². The van der Waals surface area contributed by atoms with Crippen molar-refractivity contribution in [3.8, 4) is 0 Å². The second-order valence-electron chi connectivity index (χ2n) is 7.79. The summed E-state index contributed by atoms with van der Waals surface area (Å²) >= 11 is 1.24. The van der Waals surface area contributed by atoms with Crippen LogP contribution in [0.3, 0.4) is 0 Å². The van der Waals surface area contributed by atoms with Crippen LogP contribution in [0.2, 0.25) is 0 Å². The molecule has 0 saturated heterocycles. The molecule has 1 aliphatic heterocycles. The van der Waals surface area contributed by atoms with E-state index < -0.39 is 29.5 Å². The number of amides is 1. The van der Waals surface area contributed by atoms with Gasteiger partial charge >= 0.3 is 5.97 Å². The van der Waals surface area contributed by atoms with Crippen LogP contribution in [0.15, 0.2) is 65.2 Å². The molecule has 2 N–H and O–H groups in total. The lowest BCUT2D eigenvalue weighted by Gasteiger charge is -2.28. The summed E-state index contributed by atoms with van der Waals surface area (Å²) in [6, 6.07) is 12.3. The van der Waals surface area contributed by atoms with Crippen LogP contribution in [-0.2, 0) is 4.79 Å². The van der Waals surface area contributed by atoms with Crippen LogP contribution >= 0.6 is 11.3 Å². The molecule has 6 nitrogen and oxygen atoms in total. The highest BCUT2D eigenvalue weighted by molar-refractivity contribution is 7.12. The molecule has 162 valence electrons. The Morgan fingerprint density at radius 3 is 2.22 bits per heavy atom. The zero-order valence-electron chi connectivity index (χ0n) is 17.7. The van der Waals surface area contributed by atoms with E-state index in [0.717, 1.165) is 22.3 Å². The number of aryl methyl sites for hydroxylation is 3. The van der Waals surface area contributed by atoms with E-state index in [1.165, 1.54) is 40.5 Å². The van der Waals surface area contributed by atoms with Crippen molar-refractivity contribution in [3.63, 3.8) is 0 Å². The predicted molar refractivity (Wildman–Crippen MR) is 123 cm³/mol. The maximum atomic E-state index is 13.4. The van der Waals surface area contributed by atoms with E-state index in [9.17, 15) is 24.6 Å². The Morgan fingerprint density at radius 1 is 0.969 bits per heavy atom. The van der Waals surface area contributed by atoms with E-state index in [4.69, 9.17) is 0 Å². The zero-order chi connectivity index (χ0) is 23.2. The summed E-state index contributed by atoms with van der Waals surface area (Å²) in [5.74, 6) is -2.78. The SMILES string of the molecule is Cc1cc(C)c(C2C(C(=O)c3cccs3)=C(O)C(=O)N2c2ccc(C(=O)O)cc2)cc1C. The van der Waals surface area contributed by atoms with Crippen molar-refractivity contribution in [2.75, 3.05) is 4.90 Å². The predicted octanol–water partition coefficient (Wildman–Crippen LogP) is 5.15. The van der Waals surface area contributed by atoms with Gasteiger partial charge in [0, 0.05) is 5.69 Å². The summed E-state index contributed by atoms with van der Waals surface area (Å²) in [4.78, 5) is 39.6. The van der Waals surface area contributed by atoms with Crippen LogP contribution in [-0.4, -0.2) is 27.9 Å². The van der Waals surface area contributed by atoms with Gasteiger partial charge in [-0.25, -0.2) is 4.79 Å². The topological polar surface area (TPSA) is 94.9 Å². The van der Waals surface area contributed by atoms with Crippen molar-refractivity contribution < 1.29 is 24.6 Å². The second-order valence-corrected chi connectivity index (χ2v) is 8.74. The van der Waals surface area contributed by atoms with E-state index >= 15 is 0 Å². The average Bonchev–Trinajstić information content (AvgIpc) is 3.38. The first kappa shape index (κ1) is 21.5. The van der Waals surface area contributed by atoms with E-state index in [1.807, 2.05) is 32.9 Å². The molecular formula is C25H21NO5S. The number of hydrogen-bond acceptors (Lipinski definition) is 5. The summed E-state index contributed by atoms with van der Waals surface area (Å²) in [5.41, 5.74) is 4.17. The third-order valence-electron chi connectivity index (χ3n) is 5.77. The van der Waals surface area contributed by atoms with E-state index in [1.54, 1.807) is 17.5 Å². The van der Waals surface area contributed by atoms with Crippen LogP contribution in [0.25, 0.3) is 0 Å². The number of rotatable bonds is 5. The first-order chi connectivity index (χ1) is 15.2. The molecule has 1 amide bonds. The number of carbonyl (C=O) groups is 3. The number of carbonyl (C=O) groups excluding carboxylic acids is 2. The maximum Gasteiger partial charge on any atom is 0.335 e. The Bertz CT molecular complexity index is 1270. The summed E-state index contributed by atoms with van der Waals surface area (Å²) in [5, 5.41) is 21.8. The quantitative estimate of drug-likeness (QED) is 0.527. The second kappa shape index (κ2) is 8.09. The molecule has 1 unspecified atom stereocenters. The van der Waals surface area contributed by atoms with Gasteiger partial charge in [0.05, 0.1) is 22.1 Å². The number of carboxylic acid groups (broad SMARTS) is 1. The maximum absolute atomic E-state index is 13.4. The standard InChI is InChI=1S/C25H21NO5S/c1-13-11-15(3)18(12-14(13)2)21-20(22(27)19-5-4-10-32-19)23(28)24(29)26(21)17-8-6-16(7-9-17)25(30)31/h4-12,21,28H,1-3H3,(H,30,31). The highest BCUT2D eigenvalue weighted by Gasteiger charge is 2.45. The van der Waals surface area contributed by atoms with Crippen LogP contribution in [0.4, 0.5) is 5.69 Å². The number of anilines is 1. The van der Waals surface area contributed by atoms with E-state index in [-0.39, 0.29) is 11.1 Å². The van der Waals surface area contributed by atoms with Crippen LogP contribution in [0.5, 0.6) is 0 Å². The molecule has 3 aromatic rings. The third kappa shape index (κ3) is 3.50. The Morgan fingerprint density at radius 2 is 1.62 bits per heavy atom. The summed E-state index contributed by atoms with van der Waals surface area (Å²) in [6.07, 6.45) is 0. The lowest BCUT2D eigenvalue weighted by atomic mass is 9.89. The fourth-order valence-corrected chi connectivity index (χ4v) is 4.66. The van der Waals surface area contributed by atoms with Gasteiger partial charge in [-0.05, 0) is 78.7 Å². The lowest BCUT2D eigenvalue weighted by Crippen LogP contribution is -2.31. The number of carboxylic acids is 1. The minimum Gasteiger partial charge on any atom is -0.503 e. The number of thiophene rings is 1. The average molecular weight is 448 g/mol. The Kier molecular flexibility index (Phi) is 5.44. The first-order valence-electron chi connectivity index (χ1n) is 9.96. The molecule has 0 aliphatic carbocycles. The molecule has 0 fully saturated rings. The minimum atomic E-state index is -1.08. The monoisotopic (exact) mass is 447 g/mol. The van der Waals surface area contributed by atoms with Crippen LogP contribution in [0, 0.1) is 20.8 Å². The molecule has 7 heteroatoms. The first-order valence-corrected chi connectivity index (χ1v) is 10.8. The van der Waals surface area contributed by atoms with Crippen molar-refractivity contribution in [1.29, 1.82) is 0 Å². The number of benzene rings is 2. The van der Waals surface area contributed by atoms with Gasteiger partial charge in [-0.15, -0.1) is 11.3 Å². The molecule has 0 radical (unpaired) electrons. The van der Waals surface area contributed by atoms with Gasteiger partial charge in [0.2, 0.25) is 5.78 Å². The number of aromatic carboxylic acids is 1. The number of aliphatic hydroxyl groups is 1. The smallest absolute Gasteiger partial charge is 0.335 e. The Labute approximate surface area is 189 Å². The number of aliphatic hydroxyl groups excluding tert-OH is 1. The van der Waals surface area contributed by atoms with Crippen molar-refractivity contribution in [2.45, 2.75) is 26.8 Å². The largest absolute Gasteiger partial charge is 0.503 e. The normalized spacial score (nSPS) is 16.0. The van der Waals surface area contributed by atoms with E-state index in [0.29, 0.717) is 10.6 Å². The van der Waals surface area contributed by atoms with E-state index in [2.05, 4.69) is 0 Å². The minimum absolute atomic E-state index is 0.0196. The zero-order valence-corrected chi connectivity index (χ0v) is 18.6. The molecule has 1 aliphatic rings. The molecule has 0 spiro atoms. The van der Waals surface area contributed by atoms with Gasteiger partial charge in [-0.1, -0.05) is 18.2 Å². The van der Waals surface area contributed by atoms with Crippen molar-refractivity contribution in [2.24, 2.45) is 0 Å². The fraction of sp³-hybridized carbons (Fsp3) is 0.160. The number of hydrogen-bond donors (Lipinski definition) is 2. The number of nitrogens with zero attached hydrogens (tertiary/aromatic N) is 1. The Balaban J connectivity index is 1.92. The van der Waals surface area contributed by atoms with Gasteiger partial charge in [0.15, 0.2) is 5.76 Å². The molecule has 4 rings (SSSR count). The highest BCUT2D eigenvalue weighted by atomic mass is 32.1. The van der Waals surface area contributed by atoms with Gasteiger partial charge in [-0.2, -0.15) is 0 Å². The van der Waals surface area contributed by atoms with Gasteiger partial charge in [-0.3, -0.25) is 14.5 Å². The summed E-state index contributed by atoms with van der Waals surface area (Å²) in [7, 11) is 0. The molecule has 2 aromatic carbocycles. The molecular weight excluding hydrogens is 426 g/mol. The van der Waals surface area contributed by atoms with Crippen LogP contribution < -0.4 is 4.90 Å². The molecule has 0 saturated carbocycles. The highest BCUT2D eigenvalue weighted by Crippen LogP contribution is 2.43. The fourth-order valence-electron chi connectivity index (χ4n) is 3.98. The molecule has 1 aromatic heterocycles. The third-order valence-corrected chi connectivity index (χ3v) is 6.64. The number of Topliss-reactive ketones (excluding diaryl/α,β-unsaturated/α-hetero) is 1. The number of ketones is 1. The van der Waals surface area contributed by atoms with Crippen LogP contribution in [0.1, 0.15) is 48.3 Å².